The fraction of sp³-hybridized carbons (Fsp3) is 0.240. The molecule has 3 aromatic rings. The molecule has 8 heteroatoms. The number of nitrogens with zero attached hydrogens (tertiary/aromatic N) is 1. The lowest BCUT2D eigenvalue weighted by molar-refractivity contribution is -0.120. The summed E-state index contributed by atoms with van der Waals surface area (Å²) in [5.74, 6) is 0.888. The number of aryl methyl sites for hydroxylation is 1. The van der Waals surface area contributed by atoms with Crippen LogP contribution in [0.3, 0.4) is 0 Å². The molecule has 1 N–H and O–H groups in total. The van der Waals surface area contributed by atoms with Gasteiger partial charge in [0.15, 0.2) is 0 Å². The van der Waals surface area contributed by atoms with Crippen LogP contribution in [0.15, 0.2) is 83.8 Å². The highest BCUT2D eigenvalue weighted by Crippen LogP contribution is 2.25. The van der Waals surface area contributed by atoms with E-state index in [9.17, 15) is 13.2 Å². The number of hydrogen-bond donors (Lipinski definition) is 1. The molecule has 0 saturated heterocycles. The number of nitrogens with one attached hydrogen (secondary N) is 1. The minimum atomic E-state index is -3.97. The maximum atomic E-state index is 13.3. The van der Waals surface area contributed by atoms with Gasteiger partial charge in [0.1, 0.15) is 24.7 Å². The standard InChI is InChI=1S/C25H28N2O5S/c1-19-9-7-8-12-24(19)32-18-20(2)26-25(28)17-27(21-13-15-22(31-3)16-14-21)33(29,30)23-10-5-4-6-11-23/h4-16,20H,17-18H2,1-3H3,(H,26,28). The predicted octanol–water partition coefficient (Wildman–Crippen LogP) is 3.78. The number of amides is 1. The van der Waals surface area contributed by atoms with Gasteiger partial charge in [0.05, 0.1) is 23.7 Å². The van der Waals surface area contributed by atoms with Gasteiger partial charge in [-0.25, -0.2) is 8.42 Å². The first-order valence-corrected chi connectivity index (χ1v) is 11.9. The number of para-hydroxylation sites is 1. The van der Waals surface area contributed by atoms with Crippen LogP contribution in [-0.2, 0) is 14.8 Å². The zero-order valence-electron chi connectivity index (χ0n) is 18.9. The summed E-state index contributed by atoms with van der Waals surface area (Å²) < 4.78 is 38.7. The van der Waals surface area contributed by atoms with Crippen LogP contribution >= 0.6 is 0 Å². The minimum Gasteiger partial charge on any atom is -0.497 e. The van der Waals surface area contributed by atoms with E-state index in [1.165, 1.54) is 19.2 Å². The van der Waals surface area contributed by atoms with Crippen LogP contribution in [0.25, 0.3) is 0 Å². The van der Waals surface area contributed by atoms with Crippen molar-refractivity contribution in [2.45, 2.75) is 24.8 Å². The Labute approximate surface area is 195 Å². The summed E-state index contributed by atoms with van der Waals surface area (Å²) in [4.78, 5) is 12.9. The van der Waals surface area contributed by atoms with Gasteiger partial charge in [0.25, 0.3) is 10.0 Å². The van der Waals surface area contributed by atoms with E-state index in [0.29, 0.717) is 11.4 Å². The zero-order valence-corrected chi connectivity index (χ0v) is 19.7. The Morgan fingerprint density at radius 2 is 1.61 bits per heavy atom. The maximum Gasteiger partial charge on any atom is 0.264 e. The Kier molecular flexibility index (Phi) is 7.95. The average molecular weight is 469 g/mol. The number of benzene rings is 3. The molecule has 0 bridgehead atoms. The molecule has 1 amide bonds. The highest BCUT2D eigenvalue weighted by molar-refractivity contribution is 7.92. The topological polar surface area (TPSA) is 84.9 Å². The van der Waals surface area contributed by atoms with Crippen molar-refractivity contribution in [3.8, 4) is 11.5 Å². The normalized spacial score (nSPS) is 12.0. The summed E-state index contributed by atoms with van der Waals surface area (Å²) >= 11 is 0. The molecule has 0 aliphatic heterocycles. The van der Waals surface area contributed by atoms with E-state index < -0.39 is 15.9 Å². The molecule has 0 heterocycles. The highest BCUT2D eigenvalue weighted by atomic mass is 32.2. The Bertz CT molecular complexity index is 1160. The molecule has 0 aromatic heterocycles. The first kappa shape index (κ1) is 24.1. The zero-order chi connectivity index (χ0) is 23.8. The molecule has 0 fully saturated rings. The van der Waals surface area contributed by atoms with Gasteiger partial charge in [-0.2, -0.15) is 0 Å². The Balaban J connectivity index is 1.75. The Morgan fingerprint density at radius 3 is 2.24 bits per heavy atom. The van der Waals surface area contributed by atoms with Gasteiger partial charge in [0.2, 0.25) is 5.91 Å². The van der Waals surface area contributed by atoms with Crippen LogP contribution in [0.5, 0.6) is 11.5 Å². The number of carbonyl (C=O) groups is 1. The van der Waals surface area contributed by atoms with Gasteiger partial charge < -0.3 is 14.8 Å². The largest absolute Gasteiger partial charge is 0.497 e. The molecule has 33 heavy (non-hydrogen) atoms. The Hall–Kier alpha value is -3.52. The highest BCUT2D eigenvalue weighted by Gasteiger charge is 2.27. The first-order chi connectivity index (χ1) is 15.8. The molecule has 3 aromatic carbocycles. The van der Waals surface area contributed by atoms with Crippen LogP contribution in [0.4, 0.5) is 5.69 Å². The lowest BCUT2D eigenvalue weighted by Crippen LogP contribution is -2.45. The Morgan fingerprint density at radius 1 is 0.970 bits per heavy atom. The van der Waals surface area contributed by atoms with Crippen LogP contribution in [0.1, 0.15) is 12.5 Å². The van der Waals surface area contributed by atoms with Gasteiger partial charge >= 0.3 is 0 Å². The number of ether oxygens (including phenoxy) is 2. The second-order valence-electron chi connectivity index (χ2n) is 7.57. The van der Waals surface area contributed by atoms with Gasteiger partial charge in [-0.05, 0) is 61.9 Å². The number of rotatable bonds is 10. The molecule has 1 unspecified atom stereocenters. The van der Waals surface area contributed by atoms with E-state index in [1.54, 1.807) is 49.4 Å². The van der Waals surface area contributed by atoms with Crippen molar-refractivity contribution in [3.63, 3.8) is 0 Å². The van der Waals surface area contributed by atoms with Crippen LogP contribution < -0.4 is 19.1 Å². The lowest BCUT2D eigenvalue weighted by Gasteiger charge is -2.25. The third kappa shape index (κ3) is 6.26. The number of sulfonamides is 1. The monoisotopic (exact) mass is 468 g/mol. The molecule has 1 atom stereocenters. The van der Waals surface area contributed by atoms with Crippen molar-refractivity contribution in [2.75, 3.05) is 24.6 Å². The molecule has 174 valence electrons. The number of carbonyl (C=O) groups excluding carboxylic acids is 1. The fourth-order valence-electron chi connectivity index (χ4n) is 3.21. The smallest absolute Gasteiger partial charge is 0.264 e. The van der Waals surface area contributed by atoms with Crippen molar-refractivity contribution in [2.24, 2.45) is 0 Å². The van der Waals surface area contributed by atoms with Crippen molar-refractivity contribution in [1.29, 1.82) is 0 Å². The number of methoxy groups -OCH3 is 1. The predicted molar refractivity (Wildman–Crippen MR) is 128 cm³/mol. The van der Waals surface area contributed by atoms with Gasteiger partial charge in [-0.15, -0.1) is 0 Å². The quantitative estimate of drug-likeness (QED) is 0.490. The summed E-state index contributed by atoms with van der Waals surface area (Å²) in [7, 11) is -2.44. The molecular weight excluding hydrogens is 440 g/mol. The average Bonchev–Trinajstić information content (AvgIpc) is 2.82. The fourth-order valence-corrected chi connectivity index (χ4v) is 4.65. The second-order valence-corrected chi connectivity index (χ2v) is 9.43. The summed E-state index contributed by atoms with van der Waals surface area (Å²) in [6, 6.07) is 21.8. The van der Waals surface area contributed by atoms with E-state index in [1.807, 2.05) is 31.2 Å². The molecule has 7 nitrogen and oxygen atoms in total. The van der Waals surface area contributed by atoms with Crippen molar-refractivity contribution >= 4 is 21.6 Å². The molecule has 0 aliphatic carbocycles. The molecular formula is C25H28N2O5S. The van der Waals surface area contributed by atoms with Crippen molar-refractivity contribution in [1.82, 2.24) is 5.32 Å². The van der Waals surface area contributed by atoms with Gasteiger partial charge in [0, 0.05) is 0 Å². The summed E-state index contributed by atoms with van der Waals surface area (Å²) in [5.41, 5.74) is 1.36. The maximum absolute atomic E-state index is 13.3. The summed E-state index contributed by atoms with van der Waals surface area (Å²) in [6.45, 7) is 3.63. The number of anilines is 1. The third-order valence-corrected chi connectivity index (χ3v) is 6.76. The first-order valence-electron chi connectivity index (χ1n) is 10.5. The lowest BCUT2D eigenvalue weighted by atomic mass is 10.2. The molecule has 0 radical (unpaired) electrons. The van der Waals surface area contributed by atoms with E-state index in [0.717, 1.165) is 15.6 Å². The molecule has 0 saturated carbocycles. The second kappa shape index (κ2) is 10.9. The van der Waals surface area contributed by atoms with Crippen LogP contribution in [0, 0.1) is 6.92 Å². The van der Waals surface area contributed by atoms with E-state index in [-0.39, 0.29) is 24.1 Å². The van der Waals surface area contributed by atoms with E-state index in [2.05, 4.69) is 5.32 Å². The minimum absolute atomic E-state index is 0.101. The van der Waals surface area contributed by atoms with E-state index >= 15 is 0 Å². The van der Waals surface area contributed by atoms with Crippen molar-refractivity contribution < 1.29 is 22.7 Å². The van der Waals surface area contributed by atoms with Crippen LogP contribution in [-0.4, -0.2) is 40.6 Å². The summed E-state index contributed by atoms with van der Waals surface area (Å²) in [6.07, 6.45) is 0. The van der Waals surface area contributed by atoms with Crippen molar-refractivity contribution in [3.05, 3.63) is 84.4 Å². The SMILES string of the molecule is COc1ccc(N(CC(=O)NC(C)COc2ccccc2C)S(=O)(=O)c2ccccc2)cc1. The third-order valence-electron chi connectivity index (χ3n) is 4.97. The van der Waals surface area contributed by atoms with E-state index in [4.69, 9.17) is 9.47 Å². The van der Waals surface area contributed by atoms with Gasteiger partial charge in [-0.3, -0.25) is 9.10 Å². The summed E-state index contributed by atoms with van der Waals surface area (Å²) in [5, 5.41) is 2.82. The van der Waals surface area contributed by atoms with Gasteiger partial charge in [-0.1, -0.05) is 36.4 Å². The number of hydrogen-bond acceptors (Lipinski definition) is 5. The molecule has 3 rings (SSSR count). The molecule has 0 aliphatic rings. The molecule has 0 spiro atoms. The van der Waals surface area contributed by atoms with Crippen LogP contribution in [0.2, 0.25) is 0 Å².